The molecule has 0 spiro atoms. The van der Waals surface area contributed by atoms with Crippen molar-refractivity contribution in [3.63, 3.8) is 0 Å². The van der Waals surface area contributed by atoms with Crippen molar-refractivity contribution in [1.82, 2.24) is 58.9 Å². The topological polar surface area (TPSA) is 221 Å². The van der Waals surface area contributed by atoms with Gasteiger partial charge in [0.1, 0.15) is 35.5 Å². The molecule has 398 valence electrons. The van der Waals surface area contributed by atoms with Crippen LogP contribution in [0.2, 0.25) is 0 Å². The average Bonchev–Trinajstić information content (AvgIpc) is 4.08. The molecule has 1 aliphatic carbocycles. The summed E-state index contributed by atoms with van der Waals surface area (Å²) in [4.78, 5) is 81.2. The highest BCUT2D eigenvalue weighted by Crippen LogP contribution is 2.42. The summed E-state index contributed by atoms with van der Waals surface area (Å²) in [6.45, 7) is 18.7. The zero-order chi connectivity index (χ0) is 54.1. The number of imidazole rings is 1. The average molecular weight is 1050 g/mol. The number of halogens is 2. The van der Waals surface area contributed by atoms with Crippen LogP contribution in [0.4, 0.5) is 31.3 Å². The van der Waals surface area contributed by atoms with Gasteiger partial charge in [-0.15, -0.1) is 0 Å². The molecule has 3 atom stereocenters. The third kappa shape index (κ3) is 9.38. The number of nitrogens with one attached hydrogen (secondary N) is 2. The highest BCUT2D eigenvalue weighted by atomic mass is 19.1. The molecule has 3 fully saturated rings. The molecule has 3 N–H and O–H groups in total. The number of carbonyl (C=O) groups excluding carboxylic acids is 2. The van der Waals surface area contributed by atoms with Crippen LogP contribution in [0.3, 0.4) is 0 Å². The van der Waals surface area contributed by atoms with E-state index in [1.54, 1.807) is 31.5 Å². The van der Waals surface area contributed by atoms with E-state index < -0.39 is 52.4 Å². The van der Waals surface area contributed by atoms with E-state index in [1.165, 1.54) is 16.7 Å². The number of phenols is 1. The number of H-pyrrole nitrogens is 1. The van der Waals surface area contributed by atoms with Crippen molar-refractivity contribution in [3.8, 4) is 22.7 Å². The van der Waals surface area contributed by atoms with Crippen molar-refractivity contribution in [2.24, 2.45) is 0 Å². The van der Waals surface area contributed by atoms with Gasteiger partial charge in [0.25, 0.3) is 5.91 Å². The van der Waals surface area contributed by atoms with Crippen LogP contribution in [0.5, 0.6) is 5.75 Å². The number of benzene rings is 2. The smallest absolute Gasteiger partial charge is 0.410 e. The Morgan fingerprint density at radius 1 is 0.922 bits per heavy atom. The maximum Gasteiger partial charge on any atom is 0.410 e. The second kappa shape index (κ2) is 19.9. The van der Waals surface area contributed by atoms with Crippen molar-refractivity contribution in [1.29, 1.82) is 0 Å². The normalized spacial score (nSPS) is 18.0. The summed E-state index contributed by atoms with van der Waals surface area (Å²) >= 11 is 0. The Kier molecular flexibility index (Phi) is 13.0. The summed E-state index contributed by atoms with van der Waals surface area (Å²) in [5, 5.41) is 19.0. The van der Waals surface area contributed by atoms with E-state index in [-0.39, 0.29) is 66.7 Å². The minimum Gasteiger partial charge on any atom is -0.507 e. The SMILES string of the molecule is C=C(COC(=O)N1[C@H](C)CN(c2nc(NCc3nc4ccc(C)cc4[nH]3)n3ncc(C4CC4)c3n2)C[C@@H]1C)C(=O)N1CCN(c2nc(=O)n(-c3c(C)ccnc3C(C)C)c3nc(-c4c(O)cccc4F)c(F)cc23)[C@@H](C)C1. The number of rotatable bonds is 12. The van der Waals surface area contributed by atoms with Crippen molar-refractivity contribution in [2.75, 3.05) is 54.4 Å². The van der Waals surface area contributed by atoms with Crippen LogP contribution in [-0.4, -0.2) is 133 Å². The van der Waals surface area contributed by atoms with Gasteiger partial charge in [0.05, 0.1) is 58.2 Å². The van der Waals surface area contributed by atoms with Crippen LogP contribution < -0.4 is 20.8 Å². The molecule has 0 bridgehead atoms. The van der Waals surface area contributed by atoms with Crippen LogP contribution >= 0.6 is 0 Å². The van der Waals surface area contributed by atoms with Gasteiger partial charge in [-0.25, -0.2) is 32.9 Å². The van der Waals surface area contributed by atoms with Crippen LogP contribution in [0.15, 0.2) is 77.9 Å². The number of aromatic hydroxyl groups is 1. The van der Waals surface area contributed by atoms with Gasteiger partial charge in [0.15, 0.2) is 17.1 Å². The standard InChI is InChI=1S/C55H59F2N15O5/c1-28(2)45-47(30(4)16-17-58-45)71-49-36(21-39(57)46(63-49)44-38(56)10-9-11-42(44)73)48(65-54(71)75)69-19-18-67(24-32(69)6)51(74)31(5)27-77-55(76)70-33(7)25-68(26-34(70)8)53-64-50-37(35-13-14-35)22-60-72(50)52(66-53)59-23-43-61-40-15-12-29(3)20-41(40)62-43/h9-12,15-17,20-22,28,32-35,73H,5,13-14,18-19,23-27H2,1-4,6-8H3,(H,61,62)(H,59,64,66)/t32-,33-,34+/m0/s1. The molecule has 2 aromatic carbocycles. The van der Waals surface area contributed by atoms with Gasteiger partial charge >= 0.3 is 11.8 Å². The first kappa shape index (κ1) is 50.6. The maximum absolute atomic E-state index is 16.4. The van der Waals surface area contributed by atoms with Crippen LogP contribution in [-0.2, 0) is 16.1 Å². The number of phenolic OH excluding ortho intramolecular Hbond substituents is 1. The lowest BCUT2D eigenvalue weighted by molar-refractivity contribution is -0.128. The molecule has 0 radical (unpaired) electrons. The minimum absolute atomic E-state index is 0.0255. The Labute approximate surface area is 441 Å². The highest BCUT2D eigenvalue weighted by molar-refractivity contribution is 5.94. The molecular formula is C55H59F2N15O5. The van der Waals surface area contributed by atoms with Crippen molar-refractivity contribution < 1.29 is 28.2 Å². The molecule has 22 heteroatoms. The number of nitrogens with zero attached hydrogens (tertiary/aromatic N) is 13. The molecule has 2 amide bonds. The van der Waals surface area contributed by atoms with E-state index in [0.717, 1.165) is 58.6 Å². The number of amides is 2. The van der Waals surface area contributed by atoms with Gasteiger partial charge in [-0.05, 0) is 107 Å². The summed E-state index contributed by atoms with van der Waals surface area (Å²) in [6.07, 6.45) is 5.06. The summed E-state index contributed by atoms with van der Waals surface area (Å²) in [5.74, 6) is -0.660. The Balaban J connectivity index is 0.772. The van der Waals surface area contributed by atoms with Crippen LogP contribution in [0, 0.1) is 25.5 Å². The van der Waals surface area contributed by atoms with E-state index >= 15 is 8.78 Å². The zero-order valence-electron chi connectivity index (χ0n) is 43.9. The fourth-order valence-corrected chi connectivity index (χ4v) is 10.8. The molecule has 2 aliphatic heterocycles. The number of pyridine rings is 2. The van der Waals surface area contributed by atoms with E-state index in [1.807, 2.05) is 66.8 Å². The number of hydrogen-bond donors (Lipinski definition) is 3. The Morgan fingerprint density at radius 3 is 2.43 bits per heavy atom. The number of piperazine rings is 2. The quantitative estimate of drug-likeness (QED) is 0.0998. The molecule has 8 heterocycles. The zero-order valence-corrected chi connectivity index (χ0v) is 43.9. The lowest BCUT2D eigenvalue weighted by atomic mass is 10.0. The lowest BCUT2D eigenvalue weighted by Gasteiger charge is -2.43. The molecule has 6 aromatic heterocycles. The number of anilines is 3. The first-order valence-corrected chi connectivity index (χ1v) is 25.9. The third-order valence-electron chi connectivity index (χ3n) is 14.7. The molecule has 1 saturated carbocycles. The fraction of sp³-hybridized carbons (Fsp3) is 0.382. The van der Waals surface area contributed by atoms with Gasteiger partial charge in [-0.1, -0.05) is 32.6 Å². The Morgan fingerprint density at radius 2 is 1.70 bits per heavy atom. The predicted molar refractivity (Wildman–Crippen MR) is 287 cm³/mol. The number of ether oxygens (including phenoxy) is 1. The van der Waals surface area contributed by atoms with Gasteiger partial charge in [0, 0.05) is 56.1 Å². The molecule has 77 heavy (non-hydrogen) atoms. The summed E-state index contributed by atoms with van der Waals surface area (Å²) in [6, 6.07) is 11.4. The van der Waals surface area contributed by atoms with Crippen LogP contribution in [0.1, 0.15) is 87.5 Å². The number of aryl methyl sites for hydroxylation is 2. The number of hydrogen-bond acceptors (Lipinski definition) is 15. The predicted octanol–water partition coefficient (Wildman–Crippen LogP) is 7.70. The maximum atomic E-state index is 16.4. The summed E-state index contributed by atoms with van der Waals surface area (Å²) in [7, 11) is 0. The highest BCUT2D eigenvalue weighted by Gasteiger charge is 2.38. The molecule has 0 unspecified atom stereocenters. The summed E-state index contributed by atoms with van der Waals surface area (Å²) < 4.78 is 40.5. The first-order chi connectivity index (χ1) is 36.9. The number of aromatic amines is 1. The van der Waals surface area contributed by atoms with Gasteiger partial charge in [0.2, 0.25) is 11.9 Å². The summed E-state index contributed by atoms with van der Waals surface area (Å²) in [5.41, 5.74) is 4.78. The first-order valence-electron chi connectivity index (χ1n) is 25.9. The van der Waals surface area contributed by atoms with E-state index in [9.17, 15) is 19.5 Å². The fourth-order valence-electron chi connectivity index (χ4n) is 10.8. The van der Waals surface area contributed by atoms with Gasteiger partial charge < -0.3 is 34.8 Å². The Hall–Kier alpha value is -8.56. The third-order valence-corrected chi connectivity index (χ3v) is 14.7. The minimum atomic E-state index is -0.951. The number of carbonyl (C=O) groups is 2. The number of aromatic nitrogens is 10. The molecule has 20 nitrogen and oxygen atoms in total. The molecule has 3 aliphatic rings. The number of fused-ring (bicyclic) bond motifs is 3. The Bertz CT molecular complexity index is 3710. The van der Waals surface area contributed by atoms with E-state index in [4.69, 9.17) is 19.7 Å². The second-order valence-corrected chi connectivity index (χ2v) is 20.9. The van der Waals surface area contributed by atoms with Crippen molar-refractivity contribution in [2.45, 2.75) is 97.8 Å². The van der Waals surface area contributed by atoms with Crippen molar-refractivity contribution >= 4 is 57.4 Å². The monoisotopic (exact) mass is 1050 g/mol. The van der Waals surface area contributed by atoms with Crippen molar-refractivity contribution in [3.05, 3.63) is 123 Å². The largest absolute Gasteiger partial charge is 0.507 e. The molecule has 11 rings (SSSR count). The van der Waals surface area contributed by atoms with E-state index in [2.05, 4.69) is 47.9 Å². The molecule has 8 aromatic rings. The molecule has 2 saturated heterocycles. The lowest BCUT2D eigenvalue weighted by Crippen LogP contribution is -2.59. The molecular weight excluding hydrogens is 989 g/mol. The van der Waals surface area contributed by atoms with E-state index in [0.29, 0.717) is 54.4 Å². The van der Waals surface area contributed by atoms with Crippen LogP contribution in [0.25, 0.3) is 44.7 Å². The second-order valence-electron chi connectivity index (χ2n) is 20.9. The van der Waals surface area contributed by atoms with Gasteiger partial charge in [-0.2, -0.15) is 24.6 Å². The van der Waals surface area contributed by atoms with Gasteiger partial charge in [-0.3, -0.25) is 14.7 Å².